The predicted octanol–water partition coefficient (Wildman–Crippen LogP) is 2.56. The van der Waals surface area contributed by atoms with Crippen LogP contribution in [0.25, 0.3) is 0 Å². The fourth-order valence-corrected chi connectivity index (χ4v) is 3.44. The van der Waals surface area contributed by atoms with E-state index in [4.69, 9.17) is 9.47 Å². The molecule has 3 amide bonds. The Balaban J connectivity index is 1.47. The Morgan fingerprint density at radius 1 is 1.00 bits per heavy atom. The molecule has 166 valence electrons. The summed E-state index contributed by atoms with van der Waals surface area (Å²) in [6, 6.07) is 14.5. The number of hydrogen-bond donors (Lipinski definition) is 2. The van der Waals surface area contributed by atoms with E-state index in [0.717, 1.165) is 19.6 Å². The van der Waals surface area contributed by atoms with Crippen molar-refractivity contribution in [2.24, 2.45) is 0 Å². The minimum absolute atomic E-state index is 0.233. The first-order chi connectivity index (χ1) is 15.0. The second-order valence-corrected chi connectivity index (χ2v) is 7.48. The monoisotopic (exact) mass is 426 g/mol. The highest BCUT2D eigenvalue weighted by Gasteiger charge is 2.24. The molecule has 3 rings (SSSR count). The SMILES string of the molecule is COc1ccc(NC(=O)[C@H](C)NC(=O)N2CCN(Cc3ccccc3)CC2)c(OC)c1. The molecular formula is C23H30N4O4. The quantitative estimate of drug-likeness (QED) is 0.711. The zero-order valence-electron chi connectivity index (χ0n) is 18.3. The van der Waals surface area contributed by atoms with Crippen molar-refractivity contribution >= 4 is 17.6 Å². The lowest BCUT2D eigenvalue weighted by atomic mass is 10.2. The van der Waals surface area contributed by atoms with Gasteiger partial charge in [0, 0.05) is 38.8 Å². The summed E-state index contributed by atoms with van der Waals surface area (Å²) in [5.74, 6) is 0.794. The Labute approximate surface area is 183 Å². The molecule has 1 atom stereocenters. The maximum absolute atomic E-state index is 12.6. The molecule has 1 aliphatic heterocycles. The van der Waals surface area contributed by atoms with Gasteiger partial charge in [-0.25, -0.2) is 4.79 Å². The van der Waals surface area contributed by atoms with Crippen molar-refractivity contribution in [2.75, 3.05) is 45.7 Å². The van der Waals surface area contributed by atoms with Crippen molar-refractivity contribution in [3.8, 4) is 11.5 Å². The van der Waals surface area contributed by atoms with Crippen LogP contribution in [0.2, 0.25) is 0 Å². The summed E-state index contributed by atoms with van der Waals surface area (Å²) in [5, 5.41) is 5.58. The van der Waals surface area contributed by atoms with Gasteiger partial charge in [-0.05, 0) is 24.6 Å². The molecule has 2 aromatic carbocycles. The van der Waals surface area contributed by atoms with E-state index in [9.17, 15) is 9.59 Å². The molecule has 0 spiro atoms. The number of urea groups is 1. The first kappa shape index (κ1) is 22.4. The van der Waals surface area contributed by atoms with Crippen molar-refractivity contribution < 1.29 is 19.1 Å². The number of methoxy groups -OCH3 is 2. The fourth-order valence-electron chi connectivity index (χ4n) is 3.44. The zero-order valence-corrected chi connectivity index (χ0v) is 18.3. The molecule has 1 saturated heterocycles. The number of carbonyl (C=O) groups is 2. The predicted molar refractivity (Wildman–Crippen MR) is 119 cm³/mol. The minimum Gasteiger partial charge on any atom is -0.497 e. The van der Waals surface area contributed by atoms with E-state index < -0.39 is 6.04 Å². The lowest BCUT2D eigenvalue weighted by Crippen LogP contribution is -2.54. The van der Waals surface area contributed by atoms with Gasteiger partial charge >= 0.3 is 6.03 Å². The highest BCUT2D eigenvalue weighted by atomic mass is 16.5. The number of benzene rings is 2. The molecule has 1 fully saturated rings. The maximum atomic E-state index is 12.6. The van der Waals surface area contributed by atoms with E-state index in [1.807, 2.05) is 18.2 Å². The van der Waals surface area contributed by atoms with Crippen LogP contribution in [0.3, 0.4) is 0 Å². The Bertz CT molecular complexity index is 882. The molecule has 31 heavy (non-hydrogen) atoms. The summed E-state index contributed by atoms with van der Waals surface area (Å²) in [4.78, 5) is 29.3. The van der Waals surface area contributed by atoms with Crippen LogP contribution < -0.4 is 20.1 Å². The summed E-state index contributed by atoms with van der Waals surface area (Å²) in [6.45, 7) is 5.38. The fraction of sp³-hybridized carbons (Fsp3) is 0.391. The number of rotatable bonds is 7. The average molecular weight is 427 g/mol. The number of nitrogens with zero attached hydrogens (tertiary/aromatic N) is 2. The number of amides is 3. The topological polar surface area (TPSA) is 83.1 Å². The van der Waals surface area contributed by atoms with Gasteiger partial charge in [-0.15, -0.1) is 0 Å². The summed E-state index contributed by atoms with van der Waals surface area (Å²) < 4.78 is 10.5. The van der Waals surface area contributed by atoms with Gasteiger partial charge in [0.1, 0.15) is 17.5 Å². The van der Waals surface area contributed by atoms with E-state index in [2.05, 4.69) is 27.7 Å². The summed E-state index contributed by atoms with van der Waals surface area (Å²) in [7, 11) is 3.08. The number of piperazine rings is 1. The van der Waals surface area contributed by atoms with E-state index >= 15 is 0 Å². The zero-order chi connectivity index (χ0) is 22.2. The van der Waals surface area contributed by atoms with E-state index in [1.54, 1.807) is 37.1 Å². The van der Waals surface area contributed by atoms with Crippen molar-refractivity contribution in [2.45, 2.75) is 19.5 Å². The lowest BCUT2D eigenvalue weighted by molar-refractivity contribution is -0.117. The first-order valence-corrected chi connectivity index (χ1v) is 10.3. The number of anilines is 1. The maximum Gasteiger partial charge on any atom is 0.318 e. The van der Waals surface area contributed by atoms with Gasteiger partial charge in [0.25, 0.3) is 0 Å². The van der Waals surface area contributed by atoms with Crippen molar-refractivity contribution in [3.63, 3.8) is 0 Å². The Hall–Kier alpha value is -3.26. The van der Waals surface area contributed by atoms with Crippen LogP contribution in [0.15, 0.2) is 48.5 Å². The Morgan fingerprint density at radius 3 is 2.35 bits per heavy atom. The third kappa shape index (κ3) is 6.11. The van der Waals surface area contributed by atoms with Crippen LogP contribution in [-0.2, 0) is 11.3 Å². The molecule has 0 aliphatic carbocycles. The van der Waals surface area contributed by atoms with Gasteiger partial charge in [-0.3, -0.25) is 9.69 Å². The normalized spacial score (nSPS) is 15.1. The highest BCUT2D eigenvalue weighted by molar-refractivity contribution is 5.97. The second kappa shape index (κ2) is 10.7. The molecule has 0 radical (unpaired) electrons. The molecule has 0 aromatic heterocycles. The summed E-state index contributed by atoms with van der Waals surface area (Å²) in [5.41, 5.74) is 1.78. The van der Waals surface area contributed by atoms with Gasteiger partial charge < -0.3 is 25.0 Å². The van der Waals surface area contributed by atoms with Crippen molar-refractivity contribution in [3.05, 3.63) is 54.1 Å². The van der Waals surface area contributed by atoms with Crippen LogP contribution in [0, 0.1) is 0 Å². The summed E-state index contributed by atoms with van der Waals surface area (Å²) in [6.07, 6.45) is 0. The lowest BCUT2D eigenvalue weighted by Gasteiger charge is -2.35. The minimum atomic E-state index is -0.693. The largest absolute Gasteiger partial charge is 0.497 e. The van der Waals surface area contributed by atoms with Gasteiger partial charge in [-0.2, -0.15) is 0 Å². The van der Waals surface area contributed by atoms with Gasteiger partial charge in [0.15, 0.2) is 0 Å². The van der Waals surface area contributed by atoms with Crippen LogP contribution in [-0.4, -0.2) is 68.2 Å². The third-order valence-electron chi connectivity index (χ3n) is 5.31. The molecular weight excluding hydrogens is 396 g/mol. The molecule has 2 aromatic rings. The molecule has 0 bridgehead atoms. The molecule has 1 heterocycles. The van der Waals surface area contributed by atoms with E-state index in [1.165, 1.54) is 12.7 Å². The van der Waals surface area contributed by atoms with Crippen LogP contribution >= 0.6 is 0 Å². The van der Waals surface area contributed by atoms with Gasteiger partial charge in [0.05, 0.1) is 19.9 Å². The molecule has 2 N–H and O–H groups in total. The van der Waals surface area contributed by atoms with Crippen LogP contribution in [0.1, 0.15) is 12.5 Å². The summed E-state index contributed by atoms with van der Waals surface area (Å²) >= 11 is 0. The van der Waals surface area contributed by atoms with Gasteiger partial charge in [-0.1, -0.05) is 30.3 Å². The smallest absolute Gasteiger partial charge is 0.318 e. The molecule has 8 heteroatoms. The van der Waals surface area contributed by atoms with Crippen molar-refractivity contribution in [1.29, 1.82) is 0 Å². The molecule has 0 saturated carbocycles. The number of nitrogens with one attached hydrogen (secondary N) is 2. The molecule has 1 aliphatic rings. The second-order valence-electron chi connectivity index (χ2n) is 7.48. The third-order valence-corrected chi connectivity index (χ3v) is 5.31. The van der Waals surface area contributed by atoms with Crippen LogP contribution in [0.4, 0.5) is 10.5 Å². The standard InChI is InChI=1S/C23H30N4O4/c1-17(22(28)25-20-10-9-19(30-2)15-21(20)31-3)24-23(29)27-13-11-26(12-14-27)16-18-7-5-4-6-8-18/h4-10,15,17H,11-14,16H2,1-3H3,(H,24,29)(H,25,28)/t17-/m0/s1. The number of ether oxygens (including phenoxy) is 2. The molecule has 0 unspecified atom stereocenters. The van der Waals surface area contributed by atoms with Crippen LogP contribution in [0.5, 0.6) is 11.5 Å². The first-order valence-electron chi connectivity index (χ1n) is 10.3. The van der Waals surface area contributed by atoms with Gasteiger partial charge in [0.2, 0.25) is 5.91 Å². The Morgan fingerprint density at radius 2 is 1.71 bits per heavy atom. The average Bonchev–Trinajstić information content (AvgIpc) is 2.80. The molecule has 8 nitrogen and oxygen atoms in total. The van der Waals surface area contributed by atoms with E-state index in [-0.39, 0.29) is 11.9 Å². The van der Waals surface area contributed by atoms with E-state index in [0.29, 0.717) is 30.3 Å². The van der Waals surface area contributed by atoms with Crippen molar-refractivity contribution in [1.82, 2.24) is 15.1 Å². The number of carbonyl (C=O) groups excluding carboxylic acids is 2. The number of hydrogen-bond acceptors (Lipinski definition) is 5. The highest BCUT2D eigenvalue weighted by Crippen LogP contribution is 2.29. The Kier molecular flexibility index (Phi) is 7.72.